The van der Waals surface area contributed by atoms with Gasteiger partial charge < -0.3 is 10.1 Å². The molecule has 2 N–H and O–H groups in total. The summed E-state index contributed by atoms with van der Waals surface area (Å²) in [6, 6.07) is 5.18. The lowest BCUT2D eigenvalue weighted by atomic mass is 10.3. The molecule has 0 saturated carbocycles. The van der Waals surface area contributed by atoms with Crippen LogP contribution in [0.2, 0.25) is 0 Å². The van der Waals surface area contributed by atoms with E-state index in [9.17, 15) is 8.42 Å². The summed E-state index contributed by atoms with van der Waals surface area (Å²) in [6.07, 6.45) is 0. The maximum atomic E-state index is 12.3. The maximum Gasteiger partial charge on any atom is 0.301 e. The highest BCUT2D eigenvalue weighted by atomic mass is 79.9. The van der Waals surface area contributed by atoms with Crippen LogP contribution in [0, 0.1) is 0 Å². The Labute approximate surface area is 121 Å². The molecule has 8 heteroatoms. The van der Waals surface area contributed by atoms with Crippen LogP contribution in [0.5, 0.6) is 5.75 Å². The Morgan fingerprint density at radius 3 is 2.68 bits per heavy atom. The fourth-order valence-electron chi connectivity index (χ4n) is 1.85. The summed E-state index contributed by atoms with van der Waals surface area (Å²) in [4.78, 5) is 0. The number of nitrogens with zero attached hydrogens (tertiary/aromatic N) is 1. The van der Waals surface area contributed by atoms with Crippen molar-refractivity contribution in [2.24, 2.45) is 0 Å². The van der Waals surface area contributed by atoms with Gasteiger partial charge in [-0.2, -0.15) is 12.7 Å². The Morgan fingerprint density at radius 2 is 2.05 bits per heavy atom. The van der Waals surface area contributed by atoms with Gasteiger partial charge in [0.2, 0.25) is 0 Å². The molecule has 0 bridgehead atoms. The Hall–Kier alpha value is -0.830. The first-order valence-corrected chi connectivity index (χ1v) is 8.08. The fraction of sp³-hybridized carbons (Fsp3) is 0.455. The van der Waals surface area contributed by atoms with Crippen molar-refractivity contribution in [2.45, 2.75) is 0 Å². The third-order valence-corrected chi connectivity index (χ3v) is 4.83. The molecular formula is C11H16BrN3O3S. The van der Waals surface area contributed by atoms with E-state index in [0.29, 0.717) is 37.6 Å². The van der Waals surface area contributed by atoms with Gasteiger partial charge in [-0.25, -0.2) is 0 Å². The highest BCUT2D eigenvalue weighted by molar-refractivity contribution is 9.10. The van der Waals surface area contributed by atoms with Crippen LogP contribution in [0.15, 0.2) is 22.7 Å². The third-order valence-electron chi connectivity index (χ3n) is 2.82. The van der Waals surface area contributed by atoms with E-state index in [-0.39, 0.29) is 0 Å². The van der Waals surface area contributed by atoms with Crippen molar-refractivity contribution < 1.29 is 13.2 Å². The summed E-state index contributed by atoms with van der Waals surface area (Å²) in [7, 11) is -2.04. The van der Waals surface area contributed by atoms with Crippen LogP contribution in [0.4, 0.5) is 5.69 Å². The van der Waals surface area contributed by atoms with Gasteiger partial charge >= 0.3 is 10.2 Å². The molecule has 1 saturated heterocycles. The number of hydrogen-bond donors (Lipinski definition) is 2. The van der Waals surface area contributed by atoms with Gasteiger partial charge in [-0.15, -0.1) is 0 Å². The molecule has 0 spiro atoms. The lowest BCUT2D eigenvalue weighted by molar-refractivity contribution is 0.362. The van der Waals surface area contributed by atoms with E-state index >= 15 is 0 Å². The molecule has 0 aromatic heterocycles. The molecular weight excluding hydrogens is 334 g/mol. The predicted molar refractivity (Wildman–Crippen MR) is 77.7 cm³/mol. The number of benzene rings is 1. The molecule has 6 nitrogen and oxygen atoms in total. The number of rotatable bonds is 4. The van der Waals surface area contributed by atoms with Crippen LogP contribution < -0.4 is 14.8 Å². The second kappa shape index (κ2) is 6.08. The van der Waals surface area contributed by atoms with Crippen molar-refractivity contribution in [1.82, 2.24) is 9.62 Å². The number of piperazine rings is 1. The lowest BCUT2D eigenvalue weighted by Gasteiger charge is -2.27. The van der Waals surface area contributed by atoms with Gasteiger partial charge in [-0.3, -0.25) is 4.72 Å². The minimum atomic E-state index is -3.54. The quantitative estimate of drug-likeness (QED) is 0.851. The SMILES string of the molecule is COc1ccc(Br)cc1NS(=O)(=O)N1CCNCC1. The minimum Gasteiger partial charge on any atom is -0.495 e. The van der Waals surface area contributed by atoms with Gasteiger partial charge in [-0.05, 0) is 18.2 Å². The van der Waals surface area contributed by atoms with Crippen LogP contribution in [-0.4, -0.2) is 46.0 Å². The van der Waals surface area contributed by atoms with E-state index in [2.05, 4.69) is 26.0 Å². The molecule has 0 unspecified atom stereocenters. The molecule has 1 fully saturated rings. The second-order valence-electron chi connectivity index (χ2n) is 4.10. The highest BCUT2D eigenvalue weighted by Gasteiger charge is 2.24. The van der Waals surface area contributed by atoms with E-state index in [1.807, 2.05) is 0 Å². The summed E-state index contributed by atoms with van der Waals surface area (Å²) >= 11 is 3.32. The molecule has 106 valence electrons. The van der Waals surface area contributed by atoms with E-state index in [0.717, 1.165) is 4.47 Å². The van der Waals surface area contributed by atoms with E-state index < -0.39 is 10.2 Å². The highest BCUT2D eigenvalue weighted by Crippen LogP contribution is 2.29. The Balaban J connectivity index is 2.21. The number of halogens is 1. The normalized spacial score (nSPS) is 17.2. The number of nitrogens with one attached hydrogen (secondary N) is 2. The molecule has 1 aromatic carbocycles. The molecule has 1 heterocycles. The fourth-order valence-corrected chi connectivity index (χ4v) is 3.44. The van der Waals surface area contributed by atoms with Crippen molar-refractivity contribution in [3.63, 3.8) is 0 Å². The number of ether oxygens (including phenoxy) is 1. The third kappa shape index (κ3) is 3.59. The second-order valence-corrected chi connectivity index (χ2v) is 6.69. The van der Waals surface area contributed by atoms with Crippen molar-refractivity contribution in [3.8, 4) is 5.75 Å². The van der Waals surface area contributed by atoms with Crippen molar-refractivity contribution in [3.05, 3.63) is 22.7 Å². The standard InChI is InChI=1S/C11H16BrN3O3S/c1-18-11-3-2-9(12)8-10(11)14-19(16,17)15-6-4-13-5-7-15/h2-3,8,13-14H,4-7H2,1H3. The van der Waals surface area contributed by atoms with Gasteiger partial charge in [0.15, 0.2) is 0 Å². The smallest absolute Gasteiger partial charge is 0.301 e. The monoisotopic (exact) mass is 349 g/mol. The summed E-state index contributed by atoms with van der Waals surface area (Å²) < 4.78 is 34.4. The van der Waals surface area contributed by atoms with Crippen LogP contribution >= 0.6 is 15.9 Å². The van der Waals surface area contributed by atoms with Gasteiger partial charge in [-0.1, -0.05) is 15.9 Å². The Morgan fingerprint density at radius 1 is 1.37 bits per heavy atom. The average Bonchev–Trinajstić information content (AvgIpc) is 2.39. The maximum absolute atomic E-state index is 12.3. The first-order chi connectivity index (χ1) is 9.03. The first kappa shape index (κ1) is 14.6. The summed E-state index contributed by atoms with van der Waals surface area (Å²) in [5.41, 5.74) is 0.426. The Kier molecular flexibility index (Phi) is 4.67. The molecule has 1 aromatic rings. The molecule has 1 aliphatic heterocycles. The predicted octanol–water partition coefficient (Wildman–Crippen LogP) is 1.02. The van der Waals surface area contributed by atoms with Crippen molar-refractivity contribution >= 4 is 31.8 Å². The lowest BCUT2D eigenvalue weighted by Crippen LogP contribution is -2.48. The summed E-state index contributed by atoms with van der Waals surface area (Å²) in [5, 5.41) is 3.12. The molecule has 2 rings (SSSR count). The van der Waals surface area contributed by atoms with Crippen LogP contribution in [0.3, 0.4) is 0 Å². The van der Waals surface area contributed by atoms with E-state index in [1.54, 1.807) is 18.2 Å². The van der Waals surface area contributed by atoms with Crippen molar-refractivity contribution in [2.75, 3.05) is 38.0 Å². The van der Waals surface area contributed by atoms with Gasteiger partial charge in [0, 0.05) is 30.7 Å². The number of hydrogen-bond acceptors (Lipinski definition) is 4. The topological polar surface area (TPSA) is 70.7 Å². The van der Waals surface area contributed by atoms with Gasteiger partial charge in [0.05, 0.1) is 12.8 Å². The zero-order valence-electron chi connectivity index (χ0n) is 10.5. The number of methoxy groups -OCH3 is 1. The molecule has 0 aliphatic carbocycles. The molecule has 0 radical (unpaired) electrons. The molecule has 1 aliphatic rings. The van der Waals surface area contributed by atoms with Gasteiger partial charge in [0.1, 0.15) is 5.75 Å². The largest absolute Gasteiger partial charge is 0.495 e. The minimum absolute atomic E-state index is 0.426. The Bertz CT molecular complexity index is 544. The summed E-state index contributed by atoms with van der Waals surface area (Å²) in [6.45, 7) is 2.25. The van der Waals surface area contributed by atoms with E-state index in [1.165, 1.54) is 11.4 Å². The van der Waals surface area contributed by atoms with Crippen molar-refractivity contribution in [1.29, 1.82) is 0 Å². The first-order valence-electron chi connectivity index (χ1n) is 5.85. The molecule has 19 heavy (non-hydrogen) atoms. The average molecular weight is 350 g/mol. The van der Waals surface area contributed by atoms with Crippen LogP contribution in [0.1, 0.15) is 0 Å². The van der Waals surface area contributed by atoms with Crippen LogP contribution in [0.25, 0.3) is 0 Å². The molecule has 0 atom stereocenters. The van der Waals surface area contributed by atoms with E-state index in [4.69, 9.17) is 4.74 Å². The zero-order valence-corrected chi connectivity index (χ0v) is 12.9. The molecule has 0 amide bonds. The van der Waals surface area contributed by atoms with Gasteiger partial charge in [0.25, 0.3) is 0 Å². The number of anilines is 1. The zero-order chi connectivity index (χ0) is 13.9. The summed E-state index contributed by atoms with van der Waals surface area (Å²) in [5.74, 6) is 0.488. The van der Waals surface area contributed by atoms with Crippen LogP contribution in [-0.2, 0) is 10.2 Å².